The minimum Gasteiger partial charge on any atom is -0.457 e. The molecule has 29 heavy (non-hydrogen) atoms. The third-order valence-corrected chi connectivity index (χ3v) is 5.78. The maximum absolute atomic E-state index is 13.0. The van der Waals surface area contributed by atoms with Gasteiger partial charge in [0.15, 0.2) is 4.80 Å². The molecule has 4 aromatic rings. The lowest BCUT2D eigenvalue weighted by Crippen LogP contribution is -2.16. The maximum atomic E-state index is 13.0. The number of carbonyl (C=O) groups is 1. The summed E-state index contributed by atoms with van der Waals surface area (Å²) in [4.78, 5) is 18.1. The number of hydrogen-bond donors (Lipinski definition) is 0. The van der Waals surface area contributed by atoms with Crippen molar-refractivity contribution in [3.05, 3.63) is 100 Å². The normalized spacial score (nSPS) is 11.6. The van der Waals surface area contributed by atoms with Crippen LogP contribution in [0.2, 0.25) is 0 Å². The van der Waals surface area contributed by atoms with Crippen LogP contribution in [0.25, 0.3) is 10.2 Å². The van der Waals surface area contributed by atoms with E-state index in [9.17, 15) is 4.79 Å². The van der Waals surface area contributed by atoms with Crippen LogP contribution >= 0.6 is 27.3 Å². The van der Waals surface area contributed by atoms with E-state index >= 15 is 0 Å². The predicted molar refractivity (Wildman–Crippen MR) is 121 cm³/mol. The molecular formula is C23H17BrN2O2S. The number of aromatic nitrogens is 1. The molecule has 0 bridgehead atoms. The van der Waals surface area contributed by atoms with Gasteiger partial charge in [0.2, 0.25) is 0 Å². The third kappa shape index (κ3) is 4.23. The fourth-order valence-electron chi connectivity index (χ4n) is 2.93. The minimum absolute atomic E-state index is 0.347. The molecule has 0 aliphatic rings. The first kappa shape index (κ1) is 19.4. The summed E-state index contributed by atoms with van der Waals surface area (Å²) >= 11 is 4.96. The van der Waals surface area contributed by atoms with Crippen LogP contribution in [0.1, 0.15) is 10.4 Å². The van der Waals surface area contributed by atoms with E-state index in [-0.39, 0.29) is 5.91 Å². The number of rotatable bonds is 5. The molecule has 0 fully saturated rings. The SMILES string of the molecule is C=CCn1c(=NC(=O)c2ccccc2Oc2ccccc2)sc2cc(Br)ccc21. The number of nitrogens with zero attached hydrogens (tertiary/aromatic N) is 2. The second kappa shape index (κ2) is 8.59. The molecule has 3 aromatic carbocycles. The lowest BCUT2D eigenvalue weighted by atomic mass is 10.2. The summed E-state index contributed by atoms with van der Waals surface area (Å²) in [7, 11) is 0. The average molecular weight is 465 g/mol. The number of fused-ring (bicyclic) bond motifs is 1. The van der Waals surface area contributed by atoms with Crippen LogP contribution in [0, 0.1) is 0 Å². The Bertz CT molecular complexity index is 1260. The molecule has 4 nitrogen and oxygen atoms in total. The first-order valence-electron chi connectivity index (χ1n) is 8.96. The van der Waals surface area contributed by atoms with Gasteiger partial charge in [0.1, 0.15) is 11.5 Å². The van der Waals surface area contributed by atoms with Gasteiger partial charge in [-0.05, 0) is 42.5 Å². The van der Waals surface area contributed by atoms with Crippen LogP contribution in [-0.4, -0.2) is 10.5 Å². The number of hydrogen-bond acceptors (Lipinski definition) is 3. The van der Waals surface area contributed by atoms with E-state index < -0.39 is 0 Å². The monoisotopic (exact) mass is 464 g/mol. The minimum atomic E-state index is -0.347. The second-order valence-corrected chi connectivity index (χ2v) is 8.15. The molecule has 1 heterocycles. The van der Waals surface area contributed by atoms with E-state index in [0.717, 1.165) is 14.7 Å². The van der Waals surface area contributed by atoms with Gasteiger partial charge in [-0.2, -0.15) is 4.99 Å². The number of thiazole rings is 1. The van der Waals surface area contributed by atoms with Crippen LogP contribution in [0.3, 0.4) is 0 Å². The van der Waals surface area contributed by atoms with Crippen molar-refractivity contribution < 1.29 is 9.53 Å². The van der Waals surface area contributed by atoms with Gasteiger partial charge in [-0.15, -0.1) is 6.58 Å². The third-order valence-electron chi connectivity index (χ3n) is 4.24. The van der Waals surface area contributed by atoms with Gasteiger partial charge in [-0.3, -0.25) is 4.79 Å². The Labute approximate surface area is 180 Å². The molecule has 144 valence electrons. The summed E-state index contributed by atoms with van der Waals surface area (Å²) in [6, 6.07) is 22.5. The highest BCUT2D eigenvalue weighted by molar-refractivity contribution is 9.10. The van der Waals surface area contributed by atoms with Gasteiger partial charge in [0, 0.05) is 11.0 Å². The van der Waals surface area contributed by atoms with Crippen molar-refractivity contribution in [2.75, 3.05) is 0 Å². The first-order valence-corrected chi connectivity index (χ1v) is 10.6. The highest BCUT2D eigenvalue weighted by Gasteiger charge is 2.14. The molecule has 0 saturated carbocycles. The molecule has 0 N–H and O–H groups in total. The molecule has 0 saturated heterocycles. The topological polar surface area (TPSA) is 43.6 Å². The summed E-state index contributed by atoms with van der Waals surface area (Å²) in [5.41, 5.74) is 1.43. The highest BCUT2D eigenvalue weighted by Crippen LogP contribution is 2.26. The van der Waals surface area contributed by atoms with Crippen molar-refractivity contribution in [3.63, 3.8) is 0 Å². The summed E-state index contributed by atoms with van der Waals surface area (Å²) in [6.45, 7) is 4.39. The number of allylic oxidation sites excluding steroid dienone is 1. The van der Waals surface area contributed by atoms with Crippen LogP contribution in [-0.2, 0) is 6.54 Å². The Kier molecular flexibility index (Phi) is 5.74. The zero-order chi connectivity index (χ0) is 20.2. The zero-order valence-corrected chi connectivity index (χ0v) is 17.8. The molecule has 0 radical (unpaired) electrons. The van der Waals surface area contributed by atoms with Gasteiger partial charge >= 0.3 is 0 Å². The van der Waals surface area contributed by atoms with Crippen LogP contribution in [0.15, 0.2) is 94.9 Å². The fourth-order valence-corrected chi connectivity index (χ4v) is 4.52. The standard InChI is InChI=1S/C23H17BrN2O2S/c1-2-14-26-19-13-12-16(24)15-21(19)29-23(26)25-22(27)18-10-6-7-11-20(18)28-17-8-4-3-5-9-17/h2-13,15H,1,14H2. The number of ether oxygens (including phenoxy) is 1. The van der Waals surface area contributed by atoms with Crippen molar-refractivity contribution in [1.29, 1.82) is 0 Å². The van der Waals surface area contributed by atoms with Gasteiger partial charge in [-0.1, -0.05) is 63.7 Å². The Balaban J connectivity index is 1.77. The van der Waals surface area contributed by atoms with E-state index in [2.05, 4.69) is 27.5 Å². The summed E-state index contributed by atoms with van der Waals surface area (Å²) in [5, 5.41) is 0. The molecule has 4 rings (SSSR count). The van der Waals surface area contributed by atoms with E-state index in [1.165, 1.54) is 11.3 Å². The van der Waals surface area contributed by atoms with Crippen LogP contribution < -0.4 is 9.54 Å². The van der Waals surface area contributed by atoms with Crippen LogP contribution in [0.5, 0.6) is 11.5 Å². The van der Waals surface area contributed by atoms with E-state index in [4.69, 9.17) is 4.74 Å². The van der Waals surface area contributed by atoms with Gasteiger partial charge in [-0.25, -0.2) is 0 Å². The average Bonchev–Trinajstić information content (AvgIpc) is 3.05. The fraction of sp³-hybridized carbons (Fsp3) is 0.0435. The molecule has 1 amide bonds. The summed E-state index contributed by atoms with van der Waals surface area (Å²) in [6.07, 6.45) is 1.80. The smallest absolute Gasteiger partial charge is 0.283 e. The molecule has 0 unspecified atom stereocenters. The summed E-state index contributed by atoms with van der Waals surface area (Å²) < 4.78 is 9.92. The van der Waals surface area contributed by atoms with Crippen molar-refractivity contribution in [3.8, 4) is 11.5 Å². The number of amides is 1. The van der Waals surface area contributed by atoms with Gasteiger partial charge in [0.25, 0.3) is 5.91 Å². The van der Waals surface area contributed by atoms with Crippen molar-refractivity contribution in [2.24, 2.45) is 4.99 Å². The highest BCUT2D eigenvalue weighted by atomic mass is 79.9. The molecule has 0 spiro atoms. The number of carbonyl (C=O) groups excluding carboxylic acids is 1. The maximum Gasteiger partial charge on any atom is 0.283 e. The summed E-state index contributed by atoms with van der Waals surface area (Å²) in [5.74, 6) is 0.799. The number of para-hydroxylation sites is 2. The first-order chi connectivity index (χ1) is 14.2. The number of benzene rings is 3. The van der Waals surface area contributed by atoms with Gasteiger partial charge < -0.3 is 9.30 Å². The van der Waals surface area contributed by atoms with E-state index in [1.54, 1.807) is 24.3 Å². The zero-order valence-electron chi connectivity index (χ0n) is 15.4. The molecule has 6 heteroatoms. The Hall–Kier alpha value is -2.96. The quantitative estimate of drug-likeness (QED) is 0.330. The van der Waals surface area contributed by atoms with E-state index in [1.807, 2.05) is 59.2 Å². The van der Waals surface area contributed by atoms with E-state index in [0.29, 0.717) is 28.4 Å². The largest absolute Gasteiger partial charge is 0.457 e. The van der Waals surface area contributed by atoms with Crippen LogP contribution in [0.4, 0.5) is 0 Å². The van der Waals surface area contributed by atoms with Crippen molar-refractivity contribution in [1.82, 2.24) is 4.57 Å². The molecule has 1 aromatic heterocycles. The molecule has 0 atom stereocenters. The molecule has 0 aliphatic carbocycles. The number of halogens is 1. The molecular weight excluding hydrogens is 448 g/mol. The molecule has 0 aliphatic heterocycles. The predicted octanol–water partition coefficient (Wildman–Crippen LogP) is 6.18. The lowest BCUT2D eigenvalue weighted by molar-refractivity contribution is 0.0995. The van der Waals surface area contributed by atoms with Crippen molar-refractivity contribution in [2.45, 2.75) is 6.54 Å². The Morgan fingerprint density at radius 1 is 1.10 bits per heavy atom. The Morgan fingerprint density at radius 3 is 2.66 bits per heavy atom. The lowest BCUT2D eigenvalue weighted by Gasteiger charge is -2.08. The van der Waals surface area contributed by atoms with Gasteiger partial charge in [0.05, 0.1) is 15.8 Å². The van der Waals surface area contributed by atoms with Crippen molar-refractivity contribution >= 4 is 43.4 Å². The Morgan fingerprint density at radius 2 is 1.86 bits per heavy atom. The second-order valence-electron chi connectivity index (χ2n) is 6.22.